The van der Waals surface area contributed by atoms with E-state index in [9.17, 15) is 23.9 Å². The molecular formula is C25H25FN4O5. The minimum Gasteiger partial charge on any atom is -0.507 e. The summed E-state index contributed by atoms with van der Waals surface area (Å²) in [6.45, 7) is 3.89. The number of H-pyrrole nitrogens is 1. The molecule has 1 saturated heterocycles. The number of benzene rings is 1. The first-order chi connectivity index (χ1) is 16.8. The van der Waals surface area contributed by atoms with Crippen molar-refractivity contribution in [2.24, 2.45) is 0 Å². The van der Waals surface area contributed by atoms with E-state index in [-0.39, 0.29) is 28.9 Å². The number of aliphatic hydroxyl groups is 1. The van der Waals surface area contributed by atoms with E-state index < -0.39 is 35.3 Å². The third-order valence-corrected chi connectivity index (χ3v) is 6.18. The van der Waals surface area contributed by atoms with Crippen molar-refractivity contribution >= 4 is 23.4 Å². The highest BCUT2D eigenvalue weighted by molar-refractivity contribution is 6.46. The molecule has 1 atom stereocenters. The predicted molar refractivity (Wildman–Crippen MR) is 124 cm³/mol. The van der Waals surface area contributed by atoms with E-state index in [4.69, 9.17) is 4.74 Å². The molecule has 1 fully saturated rings. The Morgan fingerprint density at radius 3 is 2.63 bits per heavy atom. The summed E-state index contributed by atoms with van der Waals surface area (Å²) in [5, 5.41) is 11.3. The topological polar surface area (TPSA) is 118 Å². The van der Waals surface area contributed by atoms with Gasteiger partial charge in [0.15, 0.2) is 0 Å². The number of methoxy groups -OCH3 is 1. The smallest absolute Gasteiger partial charge is 0.354 e. The second kappa shape index (κ2) is 9.57. The van der Waals surface area contributed by atoms with Crippen LogP contribution < -0.4 is 0 Å². The van der Waals surface area contributed by atoms with Gasteiger partial charge < -0.3 is 24.3 Å². The summed E-state index contributed by atoms with van der Waals surface area (Å²) >= 11 is 0. The maximum absolute atomic E-state index is 14.9. The summed E-state index contributed by atoms with van der Waals surface area (Å²) in [6, 6.07) is 4.70. The molecule has 4 rings (SSSR count). The van der Waals surface area contributed by atoms with Crippen LogP contribution in [0.1, 0.15) is 45.3 Å². The molecule has 1 amide bonds. The Balaban J connectivity index is 1.81. The van der Waals surface area contributed by atoms with Crippen LogP contribution in [-0.4, -0.2) is 55.9 Å². The molecule has 2 aromatic heterocycles. The van der Waals surface area contributed by atoms with Gasteiger partial charge in [-0.1, -0.05) is 18.2 Å². The minimum atomic E-state index is -1.13. The van der Waals surface area contributed by atoms with Crippen LogP contribution in [0, 0.1) is 19.7 Å². The number of aliphatic hydroxyl groups excluding tert-OH is 1. The zero-order valence-electron chi connectivity index (χ0n) is 19.5. The molecule has 0 spiro atoms. The number of ether oxygens (including phenoxy) is 1. The maximum Gasteiger partial charge on any atom is 0.354 e. The number of ketones is 1. The number of nitrogens with one attached hydrogen (secondary N) is 1. The highest BCUT2D eigenvalue weighted by atomic mass is 19.1. The van der Waals surface area contributed by atoms with Gasteiger partial charge in [0.2, 0.25) is 0 Å². The lowest BCUT2D eigenvalue weighted by atomic mass is 9.93. The van der Waals surface area contributed by atoms with E-state index in [0.29, 0.717) is 24.2 Å². The van der Waals surface area contributed by atoms with Gasteiger partial charge in [0.25, 0.3) is 11.7 Å². The van der Waals surface area contributed by atoms with Crippen LogP contribution in [0.15, 0.2) is 48.6 Å². The van der Waals surface area contributed by atoms with Gasteiger partial charge in [-0.05, 0) is 31.9 Å². The molecule has 0 saturated carbocycles. The molecule has 10 heteroatoms. The van der Waals surface area contributed by atoms with Crippen LogP contribution >= 0.6 is 0 Å². The first-order valence-corrected chi connectivity index (χ1v) is 11.0. The van der Waals surface area contributed by atoms with Gasteiger partial charge in [0.05, 0.1) is 25.1 Å². The number of aromatic amines is 1. The van der Waals surface area contributed by atoms with Crippen LogP contribution in [0.4, 0.5) is 4.39 Å². The van der Waals surface area contributed by atoms with Crippen molar-refractivity contribution in [3.05, 3.63) is 82.5 Å². The van der Waals surface area contributed by atoms with E-state index >= 15 is 0 Å². The lowest BCUT2D eigenvalue weighted by Crippen LogP contribution is -2.31. The highest BCUT2D eigenvalue weighted by Crippen LogP contribution is 2.41. The normalized spacial score (nSPS) is 17.3. The number of esters is 1. The van der Waals surface area contributed by atoms with Gasteiger partial charge in [-0.2, -0.15) is 0 Å². The van der Waals surface area contributed by atoms with Crippen molar-refractivity contribution in [1.29, 1.82) is 0 Å². The van der Waals surface area contributed by atoms with Crippen molar-refractivity contribution in [2.45, 2.75) is 32.9 Å². The number of hydrogen-bond acceptors (Lipinski definition) is 6. The first-order valence-electron chi connectivity index (χ1n) is 11.0. The Hall–Kier alpha value is -4.21. The van der Waals surface area contributed by atoms with Crippen molar-refractivity contribution < 1.29 is 28.6 Å². The number of amides is 1. The van der Waals surface area contributed by atoms with Gasteiger partial charge in [0, 0.05) is 42.3 Å². The highest BCUT2D eigenvalue weighted by Gasteiger charge is 2.47. The fraction of sp³-hybridized carbons (Fsp3) is 0.280. The first kappa shape index (κ1) is 23.9. The van der Waals surface area contributed by atoms with Gasteiger partial charge in [-0.15, -0.1) is 0 Å². The van der Waals surface area contributed by atoms with Crippen LogP contribution in [0.5, 0.6) is 0 Å². The zero-order chi connectivity index (χ0) is 25.3. The van der Waals surface area contributed by atoms with E-state index in [1.54, 1.807) is 38.6 Å². The number of imidazole rings is 1. The summed E-state index contributed by atoms with van der Waals surface area (Å²) in [6.07, 6.45) is 5.52. The summed E-state index contributed by atoms with van der Waals surface area (Å²) in [5.74, 6) is -3.48. The Morgan fingerprint density at radius 1 is 1.23 bits per heavy atom. The van der Waals surface area contributed by atoms with Gasteiger partial charge >= 0.3 is 5.97 Å². The second-order valence-electron chi connectivity index (χ2n) is 8.28. The number of carbonyl (C=O) groups is 3. The molecule has 3 heterocycles. The standard InChI is InChI=1S/C25H25FN4O5/c1-14-18(15(2)28-20(14)25(34)35-3)22(31)19-21(16-7-4-5-8-17(16)26)30(24(33)23(19)32)11-6-10-29-12-9-27-13-29/h4-5,7-9,12-13,21,28,31H,6,10-11H2,1-3H3/b22-19+/t21-/m0/s1. The number of likely N-dealkylation sites (tertiary alicyclic amines) is 1. The molecule has 9 nitrogen and oxygen atoms in total. The van der Waals surface area contributed by atoms with Crippen LogP contribution in [0.2, 0.25) is 0 Å². The summed E-state index contributed by atoms with van der Waals surface area (Å²) in [7, 11) is 1.23. The summed E-state index contributed by atoms with van der Waals surface area (Å²) in [4.78, 5) is 46.5. The molecule has 2 N–H and O–H groups in total. The maximum atomic E-state index is 14.9. The van der Waals surface area contributed by atoms with E-state index in [1.807, 2.05) is 4.57 Å². The molecule has 0 bridgehead atoms. The Kier molecular flexibility index (Phi) is 6.54. The fourth-order valence-electron chi connectivity index (χ4n) is 4.52. The quantitative estimate of drug-likeness (QED) is 0.232. The monoisotopic (exact) mass is 480 g/mol. The molecule has 1 aliphatic heterocycles. The summed E-state index contributed by atoms with van der Waals surface area (Å²) in [5.41, 5.74) is 0.926. The molecule has 1 aromatic carbocycles. The van der Waals surface area contributed by atoms with Gasteiger partial charge in [-0.3, -0.25) is 9.59 Å². The average molecular weight is 480 g/mol. The molecule has 0 radical (unpaired) electrons. The molecule has 3 aromatic rings. The van der Waals surface area contributed by atoms with Crippen molar-refractivity contribution in [1.82, 2.24) is 19.4 Å². The third kappa shape index (κ3) is 4.23. The zero-order valence-corrected chi connectivity index (χ0v) is 19.5. The van der Waals surface area contributed by atoms with Gasteiger partial charge in [-0.25, -0.2) is 14.2 Å². The van der Waals surface area contributed by atoms with Gasteiger partial charge in [0.1, 0.15) is 17.3 Å². The molecule has 182 valence electrons. The lowest BCUT2D eigenvalue weighted by Gasteiger charge is -2.25. The van der Waals surface area contributed by atoms with Crippen molar-refractivity contribution in [2.75, 3.05) is 13.7 Å². The minimum absolute atomic E-state index is 0.0925. The van der Waals surface area contributed by atoms with E-state index in [1.165, 1.54) is 30.2 Å². The van der Waals surface area contributed by atoms with E-state index in [0.717, 1.165) is 0 Å². The molecule has 1 aliphatic rings. The summed E-state index contributed by atoms with van der Waals surface area (Å²) < 4.78 is 21.5. The van der Waals surface area contributed by atoms with E-state index in [2.05, 4.69) is 9.97 Å². The second-order valence-corrected chi connectivity index (χ2v) is 8.28. The fourth-order valence-corrected chi connectivity index (χ4v) is 4.52. The van der Waals surface area contributed by atoms with Crippen LogP contribution in [0.3, 0.4) is 0 Å². The molecule has 0 unspecified atom stereocenters. The van der Waals surface area contributed by atoms with Crippen LogP contribution in [-0.2, 0) is 20.9 Å². The predicted octanol–water partition coefficient (Wildman–Crippen LogP) is 3.27. The Labute approximate surface area is 200 Å². The van der Waals surface area contributed by atoms with Crippen LogP contribution in [0.25, 0.3) is 5.76 Å². The Bertz CT molecular complexity index is 1330. The SMILES string of the molecule is COC(=O)c1[nH]c(C)c(/C(O)=C2\C(=O)C(=O)N(CCCn3ccnc3)[C@H]2c2ccccc2F)c1C. The number of rotatable bonds is 7. The number of halogens is 1. The number of carbonyl (C=O) groups excluding carboxylic acids is 3. The largest absolute Gasteiger partial charge is 0.507 e. The number of hydrogen-bond donors (Lipinski definition) is 2. The molecule has 0 aliphatic carbocycles. The third-order valence-electron chi connectivity index (χ3n) is 6.18. The van der Waals surface area contributed by atoms with Crippen molar-refractivity contribution in [3.63, 3.8) is 0 Å². The number of aryl methyl sites for hydroxylation is 2. The lowest BCUT2D eigenvalue weighted by molar-refractivity contribution is -0.140. The average Bonchev–Trinajstić information content (AvgIpc) is 3.52. The Morgan fingerprint density at radius 2 is 1.97 bits per heavy atom. The van der Waals surface area contributed by atoms with Crippen molar-refractivity contribution in [3.8, 4) is 0 Å². The number of nitrogens with zero attached hydrogens (tertiary/aromatic N) is 3. The number of Topliss-reactive ketones (excluding diaryl/α,β-unsaturated/α-hetero) is 1. The molecule has 35 heavy (non-hydrogen) atoms. The number of aromatic nitrogens is 3. The molecular weight excluding hydrogens is 455 g/mol.